The monoisotopic (exact) mass is 338 g/mol. The Bertz CT molecular complexity index is 901. The van der Waals surface area contributed by atoms with Gasteiger partial charge in [0, 0.05) is 16.3 Å². The van der Waals surface area contributed by atoms with Gasteiger partial charge in [0.05, 0.1) is 7.11 Å². The minimum absolute atomic E-state index is 0.0535. The molecule has 2 aromatic carbocycles. The molecular weight excluding hydrogens is 324 g/mol. The van der Waals surface area contributed by atoms with Crippen molar-refractivity contribution in [2.24, 2.45) is 0 Å². The SMILES string of the molecule is COc1cccc(C2=C[C@@H](c3ccc(Cl)cc3)n3ncnc3N2)c1. The average molecular weight is 339 g/mol. The largest absolute Gasteiger partial charge is 0.497 e. The van der Waals surface area contributed by atoms with Gasteiger partial charge in [0.15, 0.2) is 0 Å². The van der Waals surface area contributed by atoms with Gasteiger partial charge in [0.1, 0.15) is 18.1 Å². The third-order valence-electron chi connectivity index (χ3n) is 4.00. The number of hydrogen-bond donors (Lipinski definition) is 1. The van der Waals surface area contributed by atoms with Gasteiger partial charge in [-0.2, -0.15) is 10.1 Å². The van der Waals surface area contributed by atoms with E-state index in [1.165, 1.54) is 0 Å². The van der Waals surface area contributed by atoms with E-state index in [1.54, 1.807) is 13.4 Å². The molecule has 1 atom stereocenters. The molecule has 0 amide bonds. The van der Waals surface area contributed by atoms with Gasteiger partial charge < -0.3 is 10.1 Å². The maximum atomic E-state index is 6.01. The number of nitrogens with one attached hydrogen (secondary N) is 1. The molecule has 6 heteroatoms. The number of anilines is 1. The number of allylic oxidation sites excluding steroid dienone is 1. The normalized spacial score (nSPS) is 16.1. The minimum atomic E-state index is -0.0535. The summed E-state index contributed by atoms with van der Waals surface area (Å²) in [6.45, 7) is 0. The van der Waals surface area contributed by atoms with Crippen LogP contribution in [0.25, 0.3) is 5.70 Å². The maximum absolute atomic E-state index is 6.01. The topological polar surface area (TPSA) is 52.0 Å². The Balaban J connectivity index is 1.79. The van der Waals surface area contributed by atoms with Crippen LogP contribution in [0.2, 0.25) is 5.02 Å². The predicted molar refractivity (Wildman–Crippen MR) is 94.2 cm³/mol. The molecule has 1 aliphatic heterocycles. The highest BCUT2D eigenvalue weighted by Crippen LogP contribution is 2.33. The Kier molecular flexibility index (Phi) is 3.70. The number of halogens is 1. The molecule has 0 saturated carbocycles. The van der Waals surface area contributed by atoms with Crippen LogP contribution in [0.1, 0.15) is 17.2 Å². The van der Waals surface area contributed by atoms with Crippen molar-refractivity contribution in [2.45, 2.75) is 6.04 Å². The number of rotatable bonds is 3. The van der Waals surface area contributed by atoms with Gasteiger partial charge in [-0.1, -0.05) is 35.9 Å². The first-order chi connectivity index (χ1) is 11.7. The van der Waals surface area contributed by atoms with E-state index in [0.717, 1.165) is 22.6 Å². The fourth-order valence-electron chi connectivity index (χ4n) is 2.79. The molecule has 120 valence electrons. The van der Waals surface area contributed by atoms with Crippen molar-refractivity contribution in [2.75, 3.05) is 12.4 Å². The van der Waals surface area contributed by atoms with Crippen LogP contribution in [0.5, 0.6) is 5.75 Å². The zero-order chi connectivity index (χ0) is 16.5. The summed E-state index contributed by atoms with van der Waals surface area (Å²) in [6.07, 6.45) is 3.67. The highest BCUT2D eigenvalue weighted by Gasteiger charge is 2.23. The molecule has 0 spiro atoms. The first-order valence-corrected chi connectivity index (χ1v) is 7.90. The second-order valence-corrected chi connectivity index (χ2v) is 5.90. The molecule has 1 N–H and O–H groups in total. The molecule has 0 aliphatic carbocycles. The van der Waals surface area contributed by atoms with Crippen molar-refractivity contribution >= 4 is 23.2 Å². The molecule has 0 radical (unpaired) electrons. The van der Waals surface area contributed by atoms with E-state index in [-0.39, 0.29) is 6.04 Å². The fourth-order valence-corrected chi connectivity index (χ4v) is 2.92. The van der Waals surface area contributed by atoms with E-state index in [2.05, 4.69) is 21.5 Å². The van der Waals surface area contributed by atoms with E-state index in [0.29, 0.717) is 11.0 Å². The van der Waals surface area contributed by atoms with Crippen LogP contribution < -0.4 is 10.1 Å². The lowest BCUT2D eigenvalue weighted by Crippen LogP contribution is -2.20. The van der Waals surface area contributed by atoms with Gasteiger partial charge in [-0.15, -0.1) is 0 Å². The molecule has 4 rings (SSSR count). The van der Waals surface area contributed by atoms with E-state index in [1.807, 2.05) is 53.2 Å². The number of nitrogens with zero attached hydrogens (tertiary/aromatic N) is 3. The van der Waals surface area contributed by atoms with Crippen LogP contribution in [0.15, 0.2) is 60.9 Å². The van der Waals surface area contributed by atoms with Crippen LogP contribution >= 0.6 is 11.6 Å². The summed E-state index contributed by atoms with van der Waals surface area (Å²) in [7, 11) is 1.66. The number of methoxy groups -OCH3 is 1. The fraction of sp³-hybridized carbons (Fsp3) is 0.111. The van der Waals surface area contributed by atoms with Crippen molar-refractivity contribution < 1.29 is 4.74 Å². The van der Waals surface area contributed by atoms with Crippen molar-refractivity contribution in [3.05, 3.63) is 77.1 Å². The summed E-state index contributed by atoms with van der Waals surface area (Å²) in [5.41, 5.74) is 3.09. The molecule has 24 heavy (non-hydrogen) atoms. The van der Waals surface area contributed by atoms with Gasteiger partial charge in [-0.05, 0) is 35.9 Å². The molecular formula is C18H15ClN4O. The van der Waals surface area contributed by atoms with Crippen LogP contribution in [0, 0.1) is 0 Å². The lowest BCUT2D eigenvalue weighted by molar-refractivity contribution is 0.414. The zero-order valence-corrected chi connectivity index (χ0v) is 13.7. The van der Waals surface area contributed by atoms with Gasteiger partial charge >= 0.3 is 0 Å². The average Bonchev–Trinajstić information content (AvgIpc) is 3.10. The molecule has 1 aliphatic rings. The Labute approximate surface area is 144 Å². The quantitative estimate of drug-likeness (QED) is 0.784. The second-order valence-electron chi connectivity index (χ2n) is 5.46. The minimum Gasteiger partial charge on any atom is -0.497 e. The summed E-state index contributed by atoms with van der Waals surface area (Å²) in [5, 5.41) is 8.38. The number of aromatic nitrogens is 3. The second kappa shape index (κ2) is 6.02. The molecule has 2 heterocycles. The Morgan fingerprint density at radius 3 is 2.79 bits per heavy atom. The van der Waals surface area contributed by atoms with Crippen LogP contribution in [0.3, 0.4) is 0 Å². The van der Waals surface area contributed by atoms with Crippen LogP contribution in [-0.2, 0) is 0 Å². The van der Waals surface area contributed by atoms with Crippen molar-refractivity contribution in [3.8, 4) is 5.75 Å². The summed E-state index contributed by atoms with van der Waals surface area (Å²) >= 11 is 6.01. The first-order valence-electron chi connectivity index (χ1n) is 7.53. The molecule has 0 saturated heterocycles. The summed E-state index contributed by atoms with van der Waals surface area (Å²) < 4.78 is 7.18. The van der Waals surface area contributed by atoms with E-state index >= 15 is 0 Å². The standard InChI is InChI=1S/C18H15ClN4O/c1-24-15-4-2-3-13(9-15)16-10-17(12-5-7-14(19)8-6-12)23-18(22-16)20-11-21-23/h2-11,17H,1H3,(H,20,21,22)/t17-/m0/s1. The summed E-state index contributed by atoms with van der Waals surface area (Å²) in [5.74, 6) is 1.51. The highest BCUT2D eigenvalue weighted by molar-refractivity contribution is 6.30. The first kappa shape index (κ1) is 14.8. The lowest BCUT2D eigenvalue weighted by Gasteiger charge is -2.24. The Morgan fingerprint density at radius 2 is 2.00 bits per heavy atom. The lowest BCUT2D eigenvalue weighted by atomic mass is 10.0. The van der Waals surface area contributed by atoms with Crippen LogP contribution in [-0.4, -0.2) is 21.9 Å². The molecule has 0 bridgehead atoms. The van der Waals surface area contributed by atoms with Crippen LogP contribution in [0.4, 0.5) is 5.95 Å². The Hall–Kier alpha value is -2.79. The van der Waals surface area contributed by atoms with Crippen molar-refractivity contribution in [1.29, 1.82) is 0 Å². The summed E-state index contributed by atoms with van der Waals surface area (Å²) in [4.78, 5) is 4.31. The van der Waals surface area contributed by atoms with Gasteiger partial charge in [-0.25, -0.2) is 4.68 Å². The maximum Gasteiger partial charge on any atom is 0.226 e. The molecule has 0 fully saturated rings. The highest BCUT2D eigenvalue weighted by atomic mass is 35.5. The Morgan fingerprint density at radius 1 is 1.17 bits per heavy atom. The molecule has 3 aromatic rings. The number of benzene rings is 2. The van der Waals surface area contributed by atoms with Gasteiger partial charge in [0.2, 0.25) is 5.95 Å². The van der Waals surface area contributed by atoms with E-state index < -0.39 is 0 Å². The van der Waals surface area contributed by atoms with Crippen molar-refractivity contribution in [3.63, 3.8) is 0 Å². The summed E-state index contributed by atoms with van der Waals surface area (Å²) in [6, 6.07) is 15.6. The van der Waals surface area contributed by atoms with Crippen molar-refractivity contribution in [1.82, 2.24) is 14.8 Å². The number of hydrogen-bond acceptors (Lipinski definition) is 4. The number of ether oxygens (including phenoxy) is 1. The predicted octanol–water partition coefficient (Wildman–Crippen LogP) is 4.00. The third kappa shape index (κ3) is 2.63. The molecule has 1 aromatic heterocycles. The van der Waals surface area contributed by atoms with E-state index in [9.17, 15) is 0 Å². The molecule has 5 nitrogen and oxygen atoms in total. The zero-order valence-electron chi connectivity index (χ0n) is 13.0. The number of fused-ring (bicyclic) bond motifs is 1. The van der Waals surface area contributed by atoms with Gasteiger partial charge in [0.25, 0.3) is 0 Å². The van der Waals surface area contributed by atoms with E-state index in [4.69, 9.17) is 16.3 Å². The third-order valence-corrected chi connectivity index (χ3v) is 4.25. The smallest absolute Gasteiger partial charge is 0.226 e. The molecule has 0 unspecified atom stereocenters. The van der Waals surface area contributed by atoms with Gasteiger partial charge in [-0.3, -0.25) is 0 Å².